The zero-order chi connectivity index (χ0) is 22.7. The lowest BCUT2D eigenvalue weighted by Gasteiger charge is -2.14. The van der Waals surface area contributed by atoms with Crippen LogP contribution in [-0.4, -0.2) is 28.1 Å². The summed E-state index contributed by atoms with van der Waals surface area (Å²) in [6.45, 7) is 0.322. The summed E-state index contributed by atoms with van der Waals surface area (Å²) in [7, 11) is 0. The third-order valence-electron chi connectivity index (χ3n) is 3.96. The van der Waals surface area contributed by atoms with Crippen molar-refractivity contribution in [3.8, 4) is 0 Å². The Morgan fingerprint density at radius 1 is 1.10 bits per heavy atom. The van der Waals surface area contributed by atoms with E-state index >= 15 is 0 Å². The maximum absolute atomic E-state index is 13.4. The van der Waals surface area contributed by atoms with E-state index in [1.165, 1.54) is 6.20 Å². The van der Waals surface area contributed by atoms with Gasteiger partial charge in [0.2, 0.25) is 5.95 Å². The Hall–Kier alpha value is -3.17. The fourth-order valence-electron chi connectivity index (χ4n) is 2.64. The van der Waals surface area contributed by atoms with E-state index in [0.29, 0.717) is 17.3 Å². The molecule has 0 unspecified atom stereocenters. The SMILES string of the molecule is FC(F)(F)c1nc(Nc2cccc(Cl)c2)ncc1CNCCc1ccccc1.O=CO. The Bertz CT molecular complexity index is 972. The first-order valence-electron chi connectivity index (χ1n) is 9.11. The largest absolute Gasteiger partial charge is 0.483 e. The zero-order valence-corrected chi connectivity index (χ0v) is 17.0. The predicted molar refractivity (Wildman–Crippen MR) is 112 cm³/mol. The molecule has 3 N–H and O–H groups in total. The van der Waals surface area contributed by atoms with Crippen LogP contribution in [0.1, 0.15) is 16.8 Å². The summed E-state index contributed by atoms with van der Waals surface area (Å²) in [6.07, 6.45) is -2.67. The first-order chi connectivity index (χ1) is 14.8. The standard InChI is InChI=1S/C20H18ClF3N4.CH2O2/c21-16-7-4-8-17(11-16)27-19-26-13-15(18(28-19)20(22,23)24)12-25-10-9-14-5-2-1-3-6-14;2-1-3/h1-8,11,13,25H,9-10,12H2,(H,26,27,28);1H,(H,2,3). The quantitative estimate of drug-likeness (QED) is 0.348. The molecule has 31 heavy (non-hydrogen) atoms. The Morgan fingerprint density at radius 2 is 1.81 bits per heavy atom. The molecule has 0 amide bonds. The molecule has 164 valence electrons. The number of hydrogen-bond donors (Lipinski definition) is 3. The highest BCUT2D eigenvalue weighted by Gasteiger charge is 2.36. The molecule has 0 fully saturated rings. The fraction of sp³-hybridized carbons (Fsp3) is 0.190. The number of nitrogens with one attached hydrogen (secondary N) is 2. The molecule has 0 aliphatic heterocycles. The van der Waals surface area contributed by atoms with Gasteiger partial charge in [-0.15, -0.1) is 0 Å². The van der Waals surface area contributed by atoms with Crippen LogP contribution in [0.5, 0.6) is 0 Å². The first kappa shape index (κ1) is 24.1. The number of rotatable bonds is 7. The molecule has 0 atom stereocenters. The van der Waals surface area contributed by atoms with E-state index in [1.807, 2.05) is 30.3 Å². The van der Waals surface area contributed by atoms with E-state index in [2.05, 4.69) is 20.6 Å². The molecule has 6 nitrogen and oxygen atoms in total. The molecular weight excluding hydrogens is 433 g/mol. The maximum atomic E-state index is 13.4. The van der Waals surface area contributed by atoms with E-state index in [-0.39, 0.29) is 24.5 Å². The third kappa shape index (κ3) is 8.23. The minimum absolute atomic E-state index is 0.00259. The van der Waals surface area contributed by atoms with Gasteiger partial charge in [-0.2, -0.15) is 13.2 Å². The van der Waals surface area contributed by atoms with Gasteiger partial charge in [0.1, 0.15) is 0 Å². The van der Waals surface area contributed by atoms with Crippen LogP contribution < -0.4 is 10.6 Å². The molecule has 2 aromatic carbocycles. The molecule has 0 saturated heterocycles. The molecule has 0 saturated carbocycles. The van der Waals surface area contributed by atoms with E-state index in [4.69, 9.17) is 21.5 Å². The number of nitrogens with zero attached hydrogens (tertiary/aromatic N) is 2. The van der Waals surface area contributed by atoms with Gasteiger partial charge in [0.15, 0.2) is 5.69 Å². The average molecular weight is 453 g/mol. The highest BCUT2D eigenvalue weighted by atomic mass is 35.5. The van der Waals surface area contributed by atoms with Gasteiger partial charge in [-0.1, -0.05) is 48.0 Å². The molecule has 1 heterocycles. The summed E-state index contributed by atoms with van der Waals surface area (Å²) < 4.78 is 40.3. The Balaban J connectivity index is 0.00000107. The Morgan fingerprint density at radius 3 is 2.45 bits per heavy atom. The van der Waals surface area contributed by atoms with Gasteiger partial charge < -0.3 is 15.7 Å². The number of anilines is 2. The second-order valence-corrected chi connectivity index (χ2v) is 6.65. The lowest BCUT2D eigenvalue weighted by Crippen LogP contribution is -2.21. The van der Waals surface area contributed by atoms with Crippen LogP contribution in [0.3, 0.4) is 0 Å². The number of carbonyl (C=O) groups is 1. The van der Waals surface area contributed by atoms with Crippen LogP contribution in [0.4, 0.5) is 24.8 Å². The normalized spacial score (nSPS) is 10.7. The van der Waals surface area contributed by atoms with Crippen LogP contribution >= 0.6 is 11.6 Å². The van der Waals surface area contributed by atoms with Crippen molar-refractivity contribution in [2.75, 3.05) is 11.9 Å². The van der Waals surface area contributed by atoms with Crippen molar-refractivity contribution in [1.82, 2.24) is 15.3 Å². The Kier molecular flexibility index (Phi) is 9.23. The summed E-state index contributed by atoms with van der Waals surface area (Å²) in [5.74, 6) is -0.136. The lowest BCUT2D eigenvalue weighted by atomic mass is 10.1. The molecular formula is C21H20ClF3N4O2. The third-order valence-corrected chi connectivity index (χ3v) is 4.20. The minimum atomic E-state index is -4.58. The van der Waals surface area contributed by atoms with Gasteiger partial charge in [-0.05, 0) is 36.7 Å². The van der Waals surface area contributed by atoms with Gasteiger partial charge in [0, 0.05) is 29.0 Å². The minimum Gasteiger partial charge on any atom is -0.483 e. The van der Waals surface area contributed by atoms with Crippen LogP contribution in [0.15, 0.2) is 60.8 Å². The second-order valence-electron chi connectivity index (χ2n) is 6.22. The van der Waals surface area contributed by atoms with Crippen molar-refractivity contribution in [3.05, 3.63) is 82.6 Å². The van der Waals surface area contributed by atoms with Crippen LogP contribution in [0, 0.1) is 0 Å². The second kappa shape index (κ2) is 11.9. The van der Waals surface area contributed by atoms with Gasteiger partial charge in [-0.3, -0.25) is 4.79 Å². The monoisotopic (exact) mass is 452 g/mol. The summed E-state index contributed by atoms with van der Waals surface area (Å²) in [4.78, 5) is 16.0. The molecule has 0 bridgehead atoms. The van der Waals surface area contributed by atoms with Gasteiger partial charge >= 0.3 is 6.18 Å². The molecule has 0 aliphatic carbocycles. The summed E-state index contributed by atoms with van der Waals surface area (Å²) in [5.41, 5.74) is 0.661. The lowest BCUT2D eigenvalue weighted by molar-refractivity contribution is -0.141. The number of carboxylic acid groups (broad SMARTS) is 1. The highest BCUT2D eigenvalue weighted by Crippen LogP contribution is 2.31. The smallest absolute Gasteiger partial charge is 0.433 e. The molecule has 0 radical (unpaired) electrons. The van der Waals surface area contributed by atoms with E-state index in [1.54, 1.807) is 24.3 Å². The molecule has 3 rings (SSSR count). The van der Waals surface area contributed by atoms with Crippen molar-refractivity contribution >= 4 is 29.7 Å². The first-order valence-corrected chi connectivity index (χ1v) is 9.49. The van der Waals surface area contributed by atoms with Crippen molar-refractivity contribution in [2.24, 2.45) is 0 Å². The number of halogens is 4. The van der Waals surface area contributed by atoms with Gasteiger partial charge in [0.25, 0.3) is 6.47 Å². The highest BCUT2D eigenvalue weighted by molar-refractivity contribution is 6.30. The number of benzene rings is 2. The van der Waals surface area contributed by atoms with E-state index < -0.39 is 11.9 Å². The van der Waals surface area contributed by atoms with Gasteiger partial charge in [0.05, 0.1) is 0 Å². The summed E-state index contributed by atoms with van der Waals surface area (Å²) in [6, 6.07) is 16.3. The molecule has 0 spiro atoms. The van der Waals surface area contributed by atoms with Crippen molar-refractivity contribution < 1.29 is 23.1 Å². The van der Waals surface area contributed by atoms with Crippen molar-refractivity contribution in [2.45, 2.75) is 19.1 Å². The molecule has 3 aromatic rings. The average Bonchev–Trinajstić information content (AvgIpc) is 2.73. The van der Waals surface area contributed by atoms with E-state index in [0.717, 1.165) is 12.0 Å². The number of alkyl halides is 3. The van der Waals surface area contributed by atoms with Crippen molar-refractivity contribution in [1.29, 1.82) is 0 Å². The topological polar surface area (TPSA) is 87.1 Å². The van der Waals surface area contributed by atoms with Crippen LogP contribution in [0.25, 0.3) is 0 Å². The summed E-state index contributed by atoms with van der Waals surface area (Å²) >= 11 is 5.89. The molecule has 1 aromatic heterocycles. The number of hydrogen-bond acceptors (Lipinski definition) is 5. The number of aromatic nitrogens is 2. The molecule has 10 heteroatoms. The van der Waals surface area contributed by atoms with Crippen LogP contribution in [0.2, 0.25) is 5.02 Å². The maximum Gasteiger partial charge on any atom is 0.433 e. The van der Waals surface area contributed by atoms with E-state index in [9.17, 15) is 13.2 Å². The fourth-order valence-corrected chi connectivity index (χ4v) is 2.83. The Labute approximate surface area is 182 Å². The zero-order valence-electron chi connectivity index (χ0n) is 16.2. The molecule has 0 aliphatic rings. The predicted octanol–water partition coefficient (Wildman–Crippen LogP) is 4.93. The van der Waals surface area contributed by atoms with Crippen molar-refractivity contribution in [3.63, 3.8) is 0 Å². The summed E-state index contributed by atoms with van der Waals surface area (Å²) in [5, 5.41) is 13.1. The van der Waals surface area contributed by atoms with Gasteiger partial charge in [-0.25, -0.2) is 9.97 Å². The van der Waals surface area contributed by atoms with Crippen LogP contribution in [-0.2, 0) is 23.9 Å².